The molecule has 2 atom stereocenters. The van der Waals surface area contributed by atoms with Gasteiger partial charge >= 0.3 is 0 Å². The number of rotatable bonds is 5. The van der Waals surface area contributed by atoms with E-state index in [2.05, 4.69) is 66.6 Å². The molecule has 0 spiro atoms. The average molecular weight is 280 g/mol. The van der Waals surface area contributed by atoms with Crippen LogP contribution in [0.1, 0.15) is 37.4 Å². The van der Waals surface area contributed by atoms with Gasteiger partial charge in [0.15, 0.2) is 0 Å². The van der Waals surface area contributed by atoms with E-state index in [1.54, 1.807) is 0 Å². The molecule has 0 saturated heterocycles. The summed E-state index contributed by atoms with van der Waals surface area (Å²) in [5.41, 5.74) is 2.97. The molecule has 1 N–H and O–H groups in total. The summed E-state index contributed by atoms with van der Waals surface area (Å²) in [5.74, 6) is 0.672. The molecule has 2 aromatic rings. The van der Waals surface area contributed by atoms with Crippen molar-refractivity contribution in [3.8, 4) is 0 Å². The van der Waals surface area contributed by atoms with Gasteiger partial charge in [0, 0.05) is 30.9 Å². The Hall–Kier alpha value is -1.67. The van der Waals surface area contributed by atoms with Crippen LogP contribution in [0.15, 0.2) is 54.7 Å². The summed E-state index contributed by atoms with van der Waals surface area (Å²) in [6, 6.07) is 17.6. The number of hydrogen-bond donors (Lipinski definition) is 1. The third-order valence-electron chi connectivity index (χ3n) is 4.97. The van der Waals surface area contributed by atoms with Gasteiger partial charge in [0.05, 0.1) is 0 Å². The van der Waals surface area contributed by atoms with Crippen molar-refractivity contribution < 1.29 is 0 Å². The fraction of sp³-hybridized carbons (Fsp3) is 0.421. The van der Waals surface area contributed by atoms with Crippen molar-refractivity contribution in [1.82, 2.24) is 10.3 Å². The van der Waals surface area contributed by atoms with E-state index in [9.17, 15) is 0 Å². The van der Waals surface area contributed by atoms with Crippen molar-refractivity contribution in [2.75, 3.05) is 6.54 Å². The number of nitrogens with zero attached hydrogens (tertiary/aromatic N) is 1. The van der Waals surface area contributed by atoms with E-state index >= 15 is 0 Å². The maximum atomic E-state index is 4.38. The molecule has 1 aromatic heterocycles. The quantitative estimate of drug-likeness (QED) is 0.901. The highest BCUT2D eigenvalue weighted by Gasteiger charge is 2.48. The average Bonchev–Trinajstić information content (AvgIpc) is 2.52. The van der Waals surface area contributed by atoms with Gasteiger partial charge in [-0.1, -0.05) is 50.2 Å². The fourth-order valence-corrected chi connectivity index (χ4v) is 3.44. The second-order valence-corrected chi connectivity index (χ2v) is 6.60. The van der Waals surface area contributed by atoms with E-state index in [1.165, 1.54) is 17.7 Å². The van der Waals surface area contributed by atoms with Crippen LogP contribution in [0.3, 0.4) is 0 Å². The highest BCUT2D eigenvalue weighted by atomic mass is 15.0. The molecule has 0 unspecified atom stereocenters. The Bertz CT molecular complexity index is 563. The van der Waals surface area contributed by atoms with Gasteiger partial charge in [-0.2, -0.15) is 0 Å². The van der Waals surface area contributed by atoms with Gasteiger partial charge in [-0.15, -0.1) is 0 Å². The molecule has 1 aliphatic carbocycles. The largest absolute Gasteiger partial charge is 0.313 e. The van der Waals surface area contributed by atoms with Crippen molar-refractivity contribution in [3.05, 3.63) is 66.0 Å². The molecular weight excluding hydrogens is 256 g/mol. The van der Waals surface area contributed by atoms with Crippen LogP contribution in [-0.2, 0) is 6.42 Å². The number of hydrogen-bond acceptors (Lipinski definition) is 2. The summed E-state index contributed by atoms with van der Waals surface area (Å²) in [6.45, 7) is 5.77. The van der Waals surface area contributed by atoms with E-state index in [1.807, 2.05) is 12.3 Å². The molecule has 0 radical (unpaired) electrons. The van der Waals surface area contributed by atoms with Gasteiger partial charge in [-0.3, -0.25) is 4.98 Å². The second kappa shape index (κ2) is 5.98. The fourth-order valence-electron chi connectivity index (χ4n) is 3.44. The molecule has 3 rings (SSSR count). The standard InChI is InChI=1S/C19H24N2/c1-19(2)17(15-8-4-3-5-9-15)14-18(19)21-13-11-16-10-6-7-12-20-16/h3-10,12,17-18,21H,11,13-14H2,1-2H3/t17-,18+/m0/s1. The predicted octanol–water partition coefficient (Wildman–Crippen LogP) is 3.80. The first-order valence-electron chi connectivity index (χ1n) is 7.86. The zero-order valence-electron chi connectivity index (χ0n) is 12.9. The molecule has 21 heavy (non-hydrogen) atoms. The van der Waals surface area contributed by atoms with Crippen molar-refractivity contribution in [3.63, 3.8) is 0 Å². The molecule has 1 fully saturated rings. The zero-order chi connectivity index (χ0) is 14.7. The molecule has 1 heterocycles. The molecule has 0 bridgehead atoms. The van der Waals surface area contributed by atoms with Crippen LogP contribution in [0.2, 0.25) is 0 Å². The van der Waals surface area contributed by atoms with E-state index in [-0.39, 0.29) is 0 Å². The molecule has 0 aliphatic heterocycles. The van der Waals surface area contributed by atoms with E-state index in [0.717, 1.165) is 13.0 Å². The summed E-state index contributed by atoms with van der Waals surface area (Å²) >= 11 is 0. The van der Waals surface area contributed by atoms with Crippen LogP contribution in [0, 0.1) is 5.41 Å². The molecule has 1 aliphatic rings. The first kappa shape index (κ1) is 14.3. The smallest absolute Gasteiger partial charge is 0.0416 e. The molecule has 0 amide bonds. The topological polar surface area (TPSA) is 24.9 Å². The molecule has 2 heteroatoms. The van der Waals surface area contributed by atoms with Crippen molar-refractivity contribution in [2.45, 2.75) is 38.6 Å². The zero-order valence-corrected chi connectivity index (χ0v) is 12.9. The van der Waals surface area contributed by atoms with Gasteiger partial charge in [0.25, 0.3) is 0 Å². The molecule has 2 nitrogen and oxygen atoms in total. The summed E-state index contributed by atoms with van der Waals surface area (Å²) in [4.78, 5) is 4.38. The lowest BCUT2D eigenvalue weighted by Crippen LogP contribution is -2.55. The first-order chi connectivity index (χ1) is 10.2. The molecular formula is C19H24N2. The Morgan fingerprint density at radius 2 is 1.86 bits per heavy atom. The normalized spacial score (nSPS) is 23.5. The maximum Gasteiger partial charge on any atom is 0.0416 e. The molecule has 1 saturated carbocycles. The van der Waals surface area contributed by atoms with Crippen LogP contribution in [0.4, 0.5) is 0 Å². The minimum Gasteiger partial charge on any atom is -0.313 e. The Morgan fingerprint density at radius 1 is 1.10 bits per heavy atom. The van der Waals surface area contributed by atoms with Gasteiger partial charge in [-0.25, -0.2) is 0 Å². The Balaban J connectivity index is 1.52. The van der Waals surface area contributed by atoms with Crippen LogP contribution < -0.4 is 5.32 Å². The van der Waals surface area contributed by atoms with Crippen LogP contribution >= 0.6 is 0 Å². The van der Waals surface area contributed by atoms with E-state index in [4.69, 9.17) is 0 Å². The number of pyridine rings is 1. The number of aromatic nitrogens is 1. The Labute approximate surface area is 127 Å². The lowest BCUT2D eigenvalue weighted by atomic mass is 9.56. The lowest BCUT2D eigenvalue weighted by Gasteiger charge is -2.53. The SMILES string of the molecule is CC1(C)[C@H](NCCc2ccccn2)C[C@H]1c1ccccc1. The summed E-state index contributed by atoms with van der Waals surface area (Å²) < 4.78 is 0. The summed E-state index contributed by atoms with van der Waals surface area (Å²) in [5, 5.41) is 3.72. The van der Waals surface area contributed by atoms with Gasteiger partial charge in [-0.05, 0) is 35.4 Å². The number of benzene rings is 1. The molecule has 110 valence electrons. The second-order valence-electron chi connectivity index (χ2n) is 6.60. The van der Waals surface area contributed by atoms with Gasteiger partial charge < -0.3 is 5.32 Å². The highest BCUT2D eigenvalue weighted by Crippen LogP contribution is 2.52. The van der Waals surface area contributed by atoms with Gasteiger partial charge in [0.1, 0.15) is 0 Å². The summed E-state index contributed by atoms with van der Waals surface area (Å²) in [6.07, 6.45) is 4.11. The highest BCUT2D eigenvalue weighted by molar-refractivity contribution is 5.27. The Morgan fingerprint density at radius 3 is 2.52 bits per heavy atom. The Kier molecular flexibility index (Phi) is 4.07. The van der Waals surface area contributed by atoms with E-state index < -0.39 is 0 Å². The third-order valence-corrected chi connectivity index (χ3v) is 4.97. The maximum absolute atomic E-state index is 4.38. The predicted molar refractivity (Wildman–Crippen MR) is 87.3 cm³/mol. The third kappa shape index (κ3) is 3.01. The van der Waals surface area contributed by atoms with Crippen LogP contribution in [-0.4, -0.2) is 17.6 Å². The number of nitrogens with one attached hydrogen (secondary N) is 1. The minimum absolute atomic E-state index is 0.325. The molecule has 1 aromatic carbocycles. The monoisotopic (exact) mass is 280 g/mol. The van der Waals surface area contributed by atoms with Crippen molar-refractivity contribution in [2.24, 2.45) is 5.41 Å². The summed E-state index contributed by atoms with van der Waals surface area (Å²) in [7, 11) is 0. The first-order valence-corrected chi connectivity index (χ1v) is 7.86. The van der Waals surface area contributed by atoms with Crippen molar-refractivity contribution in [1.29, 1.82) is 0 Å². The van der Waals surface area contributed by atoms with E-state index in [0.29, 0.717) is 17.4 Å². The minimum atomic E-state index is 0.325. The lowest BCUT2D eigenvalue weighted by molar-refractivity contribution is 0.0696. The van der Waals surface area contributed by atoms with Crippen molar-refractivity contribution >= 4 is 0 Å². The van der Waals surface area contributed by atoms with Crippen LogP contribution in [0.25, 0.3) is 0 Å². The van der Waals surface area contributed by atoms with Gasteiger partial charge in [0.2, 0.25) is 0 Å². The van der Waals surface area contributed by atoms with Crippen LogP contribution in [0.5, 0.6) is 0 Å².